The highest BCUT2D eigenvalue weighted by Gasteiger charge is 2.27. The Hall–Kier alpha value is -1.99. The van der Waals surface area contributed by atoms with Gasteiger partial charge in [0.2, 0.25) is 0 Å². The van der Waals surface area contributed by atoms with Crippen molar-refractivity contribution in [1.82, 2.24) is 16.2 Å². The summed E-state index contributed by atoms with van der Waals surface area (Å²) in [5, 5.41) is 3.51. The molecule has 3 rings (SSSR count). The summed E-state index contributed by atoms with van der Waals surface area (Å²) in [5.41, 5.74) is 8.80. The highest BCUT2D eigenvalue weighted by Crippen LogP contribution is 2.24. The topological polar surface area (TPSA) is 54.6 Å². The summed E-state index contributed by atoms with van der Waals surface area (Å²) in [6.45, 7) is 3.68. The van der Waals surface area contributed by atoms with E-state index in [1.54, 1.807) is 7.11 Å². The largest absolute Gasteiger partial charge is 0.491 e. The summed E-state index contributed by atoms with van der Waals surface area (Å²) in [4.78, 5) is 0. The lowest BCUT2D eigenvalue weighted by Crippen LogP contribution is -2.28. The smallest absolute Gasteiger partial charge is 0.123 e. The highest BCUT2D eigenvalue weighted by atomic mass is 19.1. The van der Waals surface area contributed by atoms with Crippen LogP contribution in [0, 0.1) is 11.7 Å². The van der Waals surface area contributed by atoms with Gasteiger partial charge < -0.3 is 14.8 Å². The van der Waals surface area contributed by atoms with Crippen LogP contribution in [0.4, 0.5) is 4.39 Å². The number of nitrogens with one attached hydrogen (secondary N) is 3. The molecule has 1 saturated heterocycles. The lowest BCUT2D eigenvalue weighted by atomic mass is 9.95. The van der Waals surface area contributed by atoms with Crippen molar-refractivity contribution in [2.45, 2.75) is 12.6 Å². The first kappa shape index (κ1) is 18.8. The Labute approximate surface area is 153 Å². The molecule has 2 aromatic carbocycles. The Morgan fingerprint density at radius 2 is 1.85 bits per heavy atom. The number of hydrogen-bond donors (Lipinski definition) is 3. The van der Waals surface area contributed by atoms with E-state index in [9.17, 15) is 4.39 Å². The van der Waals surface area contributed by atoms with Crippen LogP contribution in [0.25, 0.3) is 0 Å². The predicted octanol–water partition coefficient (Wildman–Crippen LogP) is 2.41. The summed E-state index contributed by atoms with van der Waals surface area (Å²) in [7, 11) is 1.66. The predicted molar refractivity (Wildman–Crippen MR) is 99.3 cm³/mol. The molecule has 1 heterocycles. The zero-order valence-electron chi connectivity index (χ0n) is 15.0. The Balaban J connectivity index is 1.45. The van der Waals surface area contributed by atoms with Gasteiger partial charge in [-0.3, -0.25) is 5.43 Å². The highest BCUT2D eigenvalue weighted by molar-refractivity contribution is 5.27. The average Bonchev–Trinajstić information content (AvgIpc) is 3.12. The van der Waals surface area contributed by atoms with Gasteiger partial charge in [-0.25, -0.2) is 9.82 Å². The zero-order valence-corrected chi connectivity index (χ0v) is 15.0. The monoisotopic (exact) mass is 359 g/mol. The third-order valence-corrected chi connectivity index (χ3v) is 4.54. The Kier molecular flexibility index (Phi) is 6.96. The van der Waals surface area contributed by atoms with E-state index < -0.39 is 0 Å². The van der Waals surface area contributed by atoms with E-state index in [1.165, 1.54) is 17.7 Å². The van der Waals surface area contributed by atoms with E-state index in [2.05, 4.69) is 28.3 Å². The van der Waals surface area contributed by atoms with Gasteiger partial charge in [-0.15, -0.1) is 0 Å². The quantitative estimate of drug-likeness (QED) is 0.601. The van der Waals surface area contributed by atoms with Crippen LogP contribution in [-0.2, 0) is 11.3 Å². The van der Waals surface area contributed by atoms with Crippen LogP contribution < -0.4 is 20.9 Å². The molecule has 1 fully saturated rings. The maximum atomic E-state index is 13.1. The van der Waals surface area contributed by atoms with Crippen LogP contribution in [0.3, 0.4) is 0 Å². The van der Waals surface area contributed by atoms with E-state index in [0.29, 0.717) is 19.1 Å². The first-order chi connectivity index (χ1) is 12.8. The van der Waals surface area contributed by atoms with E-state index >= 15 is 0 Å². The fourth-order valence-corrected chi connectivity index (χ4v) is 3.10. The molecule has 2 aromatic rings. The zero-order chi connectivity index (χ0) is 18.2. The molecule has 6 heteroatoms. The normalized spacial score (nSPS) is 19.6. The minimum absolute atomic E-state index is 0.180. The average molecular weight is 359 g/mol. The third-order valence-electron chi connectivity index (χ3n) is 4.54. The number of halogens is 1. The third kappa shape index (κ3) is 5.25. The second kappa shape index (κ2) is 9.64. The van der Waals surface area contributed by atoms with Gasteiger partial charge in [-0.1, -0.05) is 24.3 Å². The molecular formula is C20H26FN3O2. The molecule has 0 bridgehead atoms. The molecule has 0 spiro atoms. The summed E-state index contributed by atoms with van der Waals surface area (Å²) >= 11 is 0. The van der Waals surface area contributed by atoms with E-state index in [4.69, 9.17) is 9.47 Å². The van der Waals surface area contributed by atoms with Crippen molar-refractivity contribution in [2.75, 3.05) is 33.4 Å². The fourth-order valence-electron chi connectivity index (χ4n) is 3.10. The maximum Gasteiger partial charge on any atom is 0.123 e. The van der Waals surface area contributed by atoms with Crippen LogP contribution in [0.5, 0.6) is 5.75 Å². The molecule has 0 amide bonds. The van der Waals surface area contributed by atoms with Crippen molar-refractivity contribution in [3.63, 3.8) is 0 Å². The number of hydrogen-bond acceptors (Lipinski definition) is 5. The SMILES string of the molecule is COCCOc1ccc(CNCC2CNNC2c2ccc(F)cc2)cc1. The Bertz CT molecular complexity index is 664. The van der Waals surface area contributed by atoms with Gasteiger partial charge in [0.25, 0.3) is 0 Å². The molecule has 1 aliphatic rings. The number of rotatable bonds is 9. The first-order valence-corrected chi connectivity index (χ1v) is 8.91. The summed E-state index contributed by atoms with van der Waals surface area (Å²) < 4.78 is 23.7. The van der Waals surface area contributed by atoms with Gasteiger partial charge in [0, 0.05) is 32.7 Å². The molecule has 0 aliphatic carbocycles. The maximum absolute atomic E-state index is 13.1. The van der Waals surface area contributed by atoms with Crippen LogP contribution in [-0.4, -0.2) is 33.4 Å². The van der Waals surface area contributed by atoms with Crippen LogP contribution in [0.1, 0.15) is 17.2 Å². The number of ether oxygens (including phenoxy) is 2. The minimum Gasteiger partial charge on any atom is -0.491 e. The molecule has 26 heavy (non-hydrogen) atoms. The van der Waals surface area contributed by atoms with Gasteiger partial charge in [0.05, 0.1) is 12.6 Å². The van der Waals surface area contributed by atoms with Crippen LogP contribution in [0.2, 0.25) is 0 Å². The van der Waals surface area contributed by atoms with Crippen molar-refractivity contribution >= 4 is 0 Å². The van der Waals surface area contributed by atoms with Crippen molar-refractivity contribution in [3.05, 3.63) is 65.5 Å². The fraction of sp³-hybridized carbons (Fsp3) is 0.400. The van der Waals surface area contributed by atoms with Gasteiger partial charge in [0.1, 0.15) is 18.2 Å². The van der Waals surface area contributed by atoms with Gasteiger partial charge in [-0.05, 0) is 35.4 Å². The molecule has 0 saturated carbocycles. The lowest BCUT2D eigenvalue weighted by Gasteiger charge is -2.19. The summed E-state index contributed by atoms with van der Waals surface area (Å²) in [6, 6.07) is 15.0. The second-order valence-electron chi connectivity index (χ2n) is 6.43. The number of hydrazine groups is 1. The first-order valence-electron chi connectivity index (χ1n) is 8.91. The summed E-state index contributed by atoms with van der Waals surface area (Å²) in [5.74, 6) is 1.05. The van der Waals surface area contributed by atoms with Crippen LogP contribution in [0.15, 0.2) is 48.5 Å². The van der Waals surface area contributed by atoms with Crippen LogP contribution >= 0.6 is 0 Å². The van der Waals surface area contributed by atoms with Gasteiger partial charge in [0.15, 0.2) is 0 Å². The van der Waals surface area contributed by atoms with Crippen molar-refractivity contribution in [3.8, 4) is 5.75 Å². The molecular weight excluding hydrogens is 333 g/mol. The van der Waals surface area contributed by atoms with Crippen molar-refractivity contribution < 1.29 is 13.9 Å². The molecule has 140 valence electrons. The Morgan fingerprint density at radius 1 is 1.08 bits per heavy atom. The van der Waals surface area contributed by atoms with Crippen molar-refractivity contribution in [2.24, 2.45) is 5.92 Å². The number of benzene rings is 2. The molecule has 1 aliphatic heterocycles. The molecule has 0 radical (unpaired) electrons. The van der Waals surface area contributed by atoms with E-state index in [-0.39, 0.29) is 11.9 Å². The second-order valence-corrected chi connectivity index (χ2v) is 6.43. The molecule has 2 unspecified atom stereocenters. The van der Waals surface area contributed by atoms with Gasteiger partial charge >= 0.3 is 0 Å². The standard InChI is InChI=1S/C20H26FN3O2/c1-25-10-11-26-19-8-2-15(3-9-19)12-22-13-17-14-23-24-20(17)16-4-6-18(21)7-5-16/h2-9,17,20,22-24H,10-14H2,1H3. The number of methoxy groups -OCH3 is 1. The molecule has 3 N–H and O–H groups in total. The molecule has 0 aromatic heterocycles. The Morgan fingerprint density at radius 3 is 2.58 bits per heavy atom. The lowest BCUT2D eigenvalue weighted by molar-refractivity contribution is 0.146. The van der Waals surface area contributed by atoms with E-state index in [1.807, 2.05) is 24.3 Å². The van der Waals surface area contributed by atoms with Gasteiger partial charge in [-0.2, -0.15) is 0 Å². The van der Waals surface area contributed by atoms with Crippen molar-refractivity contribution in [1.29, 1.82) is 0 Å². The van der Waals surface area contributed by atoms with E-state index in [0.717, 1.165) is 30.9 Å². The molecule has 5 nitrogen and oxygen atoms in total. The molecule has 2 atom stereocenters. The minimum atomic E-state index is -0.205. The summed E-state index contributed by atoms with van der Waals surface area (Å²) in [6.07, 6.45) is 0.